The van der Waals surface area contributed by atoms with E-state index in [1.165, 1.54) is 12.1 Å². The predicted octanol–water partition coefficient (Wildman–Crippen LogP) is 6.65. The minimum Gasteiger partial charge on any atom is -0.505 e. The van der Waals surface area contributed by atoms with E-state index in [9.17, 15) is 13.5 Å². The molecule has 0 aliphatic rings. The van der Waals surface area contributed by atoms with Gasteiger partial charge in [-0.2, -0.15) is 0 Å². The number of phenolic OH excluding ortho intramolecular Hbond substituents is 1. The smallest absolute Gasteiger partial charge is 0.186 e. The first-order chi connectivity index (χ1) is 13.9. The molecule has 0 aliphatic carbocycles. The molecule has 0 bridgehead atoms. The summed E-state index contributed by atoms with van der Waals surface area (Å²) < 4.78 is 26.3. The SMILES string of the molecule is CC(C)N(CCSc1cc(Cl)cc(CS(=O)(=O)c2cc(Br)cc(Cl)c2O)c1)C(C)C. The third kappa shape index (κ3) is 7.04. The largest absolute Gasteiger partial charge is 0.505 e. The molecule has 0 radical (unpaired) electrons. The van der Waals surface area contributed by atoms with Gasteiger partial charge in [0.1, 0.15) is 4.90 Å². The summed E-state index contributed by atoms with van der Waals surface area (Å²) in [5.41, 5.74) is 0.560. The molecule has 0 saturated heterocycles. The number of thioether (sulfide) groups is 1. The molecule has 0 heterocycles. The van der Waals surface area contributed by atoms with Crippen molar-refractivity contribution in [3.8, 4) is 5.75 Å². The van der Waals surface area contributed by atoms with Gasteiger partial charge in [0.2, 0.25) is 0 Å². The van der Waals surface area contributed by atoms with E-state index in [2.05, 4.69) is 48.5 Å². The van der Waals surface area contributed by atoms with E-state index in [1.807, 2.05) is 12.1 Å². The molecule has 0 spiro atoms. The second-order valence-electron chi connectivity index (χ2n) is 7.56. The highest BCUT2D eigenvalue weighted by atomic mass is 79.9. The number of hydrogen-bond acceptors (Lipinski definition) is 5. The topological polar surface area (TPSA) is 57.6 Å². The Kier molecular flexibility index (Phi) is 9.40. The Morgan fingerprint density at radius 1 is 1.07 bits per heavy atom. The fourth-order valence-corrected chi connectivity index (χ4v) is 7.04. The van der Waals surface area contributed by atoms with Gasteiger partial charge in [0.15, 0.2) is 15.6 Å². The summed E-state index contributed by atoms with van der Waals surface area (Å²) in [6.45, 7) is 9.63. The Balaban J connectivity index is 2.19. The molecule has 0 aliphatic heterocycles. The van der Waals surface area contributed by atoms with Crippen molar-refractivity contribution in [2.45, 2.75) is 55.3 Å². The van der Waals surface area contributed by atoms with Crippen LogP contribution in [0.4, 0.5) is 0 Å². The lowest BCUT2D eigenvalue weighted by Crippen LogP contribution is -2.38. The van der Waals surface area contributed by atoms with Gasteiger partial charge < -0.3 is 5.11 Å². The molecule has 2 aromatic carbocycles. The number of aromatic hydroxyl groups is 1. The molecule has 30 heavy (non-hydrogen) atoms. The number of hydrogen-bond donors (Lipinski definition) is 1. The highest BCUT2D eigenvalue weighted by Gasteiger charge is 2.23. The minimum absolute atomic E-state index is 0.0230. The van der Waals surface area contributed by atoms with Crippen molar-refractivity contribution in [3.63, 3.8) is 0 Å². The first kappa shape index (κ1) is 25.8. The van der Waals surface area contributed by atoms with Gasteiger partial charge in [0.05, 0.1) is 10.8 Å². The van der Waals surface area contributed by atoms with Crippen molar-refractivity contribution >= 4 is 60.7 Å². The number of nitrogens with zero attached hydrogens (tertiary/aromatic N) is 1. The van der Waals surface area contributed by atoms with E-state index in [1.54, 1.807) is 17.8 Å². The Morgan fingerprint density at radius 2 is 1.70 bits per heavy atom. The van der Waals surface area contributed by atoms with Crippen molar-refractivity contribution in [1.29, 1.82) is 0 Å². The monoisotopic (exact) mass is 553 g/mol. The zero-order valence-corrected chi connectivity index (χ0v) is 22.1. The van der Waals surface area contributed by atoms with E-state index in [0.717, 1.165) is 17.2 Å². The summed E-state index contributed by atoms with van der Waals surface area (Å²) >= 11 is 17.0. The molecule has 9 heteroatoms. The van der Waals surface area contributed by atoms with Gasteiger partial charge in [0.25, 0.3) is 0 Å². The van der Waals surface area contributed by atoms with Gasteiger partial charge in [-0.15, -0.1) is 11.8 Å². The maximum absolute atomic E-state index is 12.9. The van der Waals surface area contributed by atoms with E-state index >= 15 is 0 Å². The van der Waals surface area contributed by atoms with Crippen molar-refractivity contribution in [1.82, 2.24) is 4.90 Å². The summed E-state index contributed by atoms with van der Waals surface area (Å²) in [4.78, 5) is 3.11. The second-order valence-corrected chi connectivity index (χ2v) is 12.4. The number of phenols is 1. The Morgan fingerprint density at radius 3 is 2.30 bits per heavy atom. The fraction of sp³-hybridized carbons (Fsp3) is 0.429. The lowest BCUT2D eigenvalue weighted by atomic mass is 10.2. The average Bonchev–Trinajstić information content (AvgIpc) is 2.60. The Hall–Kier alpha value is -0.440. The van der Waals surface area contributed by atoms with Crippen LogP contribution in [0, 0.1) is 0 Å². The molecule has 2 aromatic rings. The Labute approximate surface area is 202 Å². The summed E-state index contributed by atoms with van der Waals surface area (Å²) in [5, 5.41) is 10.6. The highest BCUT2D eigenvalue weighted by molar-refractivity contribution is 9.10. The maximum atomic E-state index is 12.9. The molecule has 0 atom stereocenters. The van der Waals surface area contributed by atoms with Crippen LogP contribution in [0.15, 0.2) is 44.6 Å². The van der Waals surface area contributed by atoms with Crippen molar-refractivity contribution < 1.29 is 13.5 Å². The lowest BCUT2D eigenvalue weighted by Gasteiger charge is -2.30. The molecular formula is C21H26BrCl2NO3S2. The van der Waals surface area contributed by atoms with Gasteiger partial charge in [0, 0.05) is 38.8 Å². The van der Waals surface area contributed by atoms with Gasteiger partial charge in [-0.25, -0.2) is 8.42 Å². The fourth-order valence-electron chi connectivity index (χ4n) is 3.25. The average molecular weight is 555 g/mol. The maximum Gasteiger partial charge on any atom is 0.186 e. The first-order valence-electron chi connectivity index (χ1n) is 9.49. The van der Waals surface area contributed by atoms with E-state index < -0.39 is 15.6 Å². The molecule has 4 nitrogen and oxygen atoms in total. The van der Waals surface area contributed by atoms with Crippen molar-refractivity contribution in [2.24, 2.45) is 0 Å². The van der Waals surface area contributed by atoms with Crippen LogP contribution in [0.5, 0.6) is 5.75 Å². The number of sulfone groups is 1. The van der Waals surface area contributed by atoms with Crippen molar-refractivity contribution in [3.05, 3.63) is 50.4 Å². The summed E-state index contributed by atoms with van der Waals surface area (Å²) in [5.74, 6) is 0.134. The van der Waals surface area contributed by atoms with Gasteiger partial charge >= 0.3 is 0 Å². The van der Waals surface area contributed by atoms with Crippen LogP contribution in [0.2, 0.25) is 10.0 Å². The van der Waals surface area contributed by atoms with Crippen LogP contribution in [0.25, 0.3) is 0 Å². The molecule has 0 fully saturated rings. The predicted molar refractivity (Wildman–Crippen MR) is 131 cm³/mol. The van der Waals surface area contributed by atoms with Crippen LogP contribution in [0.3, 0.4) is 0 Å². The zero-order chi connectivity index (χ0) is 22.6. The number of benzene rings is 2. The zero-order valence-electron chi connectivity index (χ0n) is 17.3. The van der Waals surface area contributed by atoms with E-state index in [4.69, 9.17) is 23.2 Å². The second kappa shape index (κ2) is 10.9. The Bertz CT molecular complexity index is 990. The standard InChI is InChI=1S/C21H26BrCl2NO3S2/c1-13(2)25(14(3)4)5-6-29-18-8-15(7-17(23)11-18)12-30(27,28)20-10-16(22)9-19(24)21(20)26/h7-11,13-14,26H,5-6,12H2,1-4H3. The highest BCUT2D eigenvalue weighted by Crippen LogP contribution is 2.36. The molecule has 0 unspecified atom stereocenters. The van der Waals surface area contributed by atoms with Crippen LogP contribution >= 0.6 is 50.9 Å². The van der Waals surface area contributed by atoms with E-state index in [0.29, 0.717) is 27.1 Å². The van der Waals surface area contributed by atoms with Gasteiger partial charge in [-0.05, 0) is 63.6 Å². The summed E-state index contributed by atoms with van der Waals surface area (Å²) in [6, 6.07) is 9.01. The molecule has 166 valence electrons. The number of halogens is 3. The molecule has 0 saturated carbocycles. The molecule has 1 N–H and O–H groups in total. The van der Waals surface area contributed by atoms with Crippen LogP contribution in [-0.4, -0.2) is 42.8 Å². The van der Waals surface area contributed by atoms with Crippen LogP contribution in [-0.2, 0) is 15.6 Å². The molecule has 0 amide bonds. The molecule has 2 rings (SSSR count). The summed E-state index contributed by atoms with van der Waals surface area (Å²) in [6.07, 6.45) is 0. The van der Waals surface area contributed by atoms with Crippen LogP contribution in [0.1, 0.15) is 33.3 Å². The number of rotatable bonds is 9. The quantitative estimate of drug-likeness (QED) is 0.352. The summed E-state index contributed by atoms with van der Waals surface area (Å²) in [7, 11) is -3.82. The third-order valence-corrected chi connectivity index (χ3v) is 8.18. The lowest BCUT2D eigenvalue weighted by molar-refractivity contribution is 0.187. The molecule has 0 aromatic heterocycles. The minimum atomic E-state index is -3.82. The van der Waals surface area contributed by atoms with Gasteiger partial charge in [-0.3, -0.25) is 4.90 Å². The van der Waals surface area contributed by atoms with E-state index in [-0.39, 0.29) is 15.7 Å². The van der Waals surface area contributed by atoms with Gasteiger partial charge in [-0.1, -0.05) is 39.1 Å². The molecular weight excluding hydrogens is 529 g/mol. The van der Waals surface area contributed by atoms with Crippen LogP contribution < -0.4 is 0 Å². The van der Waals surface area contributed by atoms with Crippen molar-refractivity contribution in [2.75, 3.05) is 12.3 Å². The first-order valence-corrected chi connectivity index (χ1v) is 13.7. The third-order valence-electron chi connectivity index (χ3n) is 4.56. The normalized spacial score (nSPS) is 12.3.